The minimum absolute atomic E-state index is 0.0456. The molecule has 0 bridgehead atoms. The van der Waals surface area contributed by atoms with E-state index < -0.39 is 5.56 Å². The molecule has 14 heteroatoms. The molecule has 0 aromatic carbocycles. The number of nitrogens with two attached hydrogens (primary N) is 2. The maximum Gasteiger partial charge on any atom is 0.283 e. The first kappa shape index (κ1) is 23.4. The van der Waals surface area contributed by atoms with Crippen molar-refractivity contribution < 1.29 is 9.47 Å². The van der Waals surface area contributed by atoms with Crippen molar-refractivity contribution >= 4 is 41.8 Å². The second-order valence-electron chi connectivity index (χ2n) is 5.24. The maximum atomic E-state index is 11.2. The summed E-state index contributed by atoms with van der Waals surface area (Å²) in [6, 6.07) is 1.30. The molecule has 0 saturated heterocycles. The van der Waals surface area contributed by atoms with Crippen molar-refractivity contribution in [2.24, 2.45) is 5.18 Å². The lowest BCUT2D eigenvalue weighted by atomic mass is 10.4. The molecule has 0 unspecified atom stereocenters. The fourth-order valence-corrected chi connectivity index (χ4v) is 2.60. The van der Waals surface area contributed by atoms with Crippen LogP contribution in [0.25, 0.3) is 0 Å². The van der Waals surface area contributed by atoms with Crippen LogP contribution in [0.1, 0.15) is 0 Å². The Bertz CT molecular complexity index is 1040. The van der Waals surface area contributed by atoms with Gasteiger partial charge in [0, 0.05) is 20.3 Å². The number of H-pyrrole nitrogens is 2. The second kappa shape index (κ2) is 11.2. The summed E-state index contributed by atoms with van der Waals surface area (Å²) in [6.45, 7) is 1.76. The first-order valence-electron chi connectivity index (χ1n) is 7.80. The molecule has 0 aliphatic rings. The molecule has 2 rings (SSSR count). The highest BCUT2D eigenvalue weighted by Gasteiger charge is 2.10. The Labute approximate surface area is 169 Å². The summed E-state index contributed by atoms with van der Waals surface area (Å²) >= 11 is 9.79. The maximum absolute atomic E-state index is 11.2. The van der Waals surface area contributed by atoms with E-state index in [1.54, 1.807) is 11.7 Å². The van der Waals surface area contributed by atoms with Gasteiger partial charge < -0.3 is 30.1 Å². The van der Waals surface area contributed by atoms with Gasteiger partial charge in [-0.05, 0) is 29.6 Å². The Balaban J connectivity index is 0.000000283. The van der Waals surface area contributed by atoms with Crippen LogP contribution in [0.5, 0.6) is 0 Å². The number of methoxy groups -OCH3 is 2. The Morgan fingerprint density at radius 1 is 1.04 bits per heavy atom. The Morgan fingerprint density at radius 3 is 2.07 bits per heavy atom. The van der Waals surface area contributed by atoms with Gasteiger partial charge in [0.25, 0.3) is 11.1 Å². The zero-order valence-electron chi connectivity index (χ0n) is 15.3. The predicted octanol–water partition coefficient (Wildman–Crippen LogP) is 0.667. The van der Waals surface area contributed by atoms with Gasteiger partial charge in [-0.3, -0.25) is 19.6 Å². The fraction of sp³-hybridized carbons (Fsp3) is 0.429. The van der Waals surface area contributed by atoms with Crippen molar-refractivity contribution in [1.82, 2.24) is 19.1 Å². The van der Waals surface area contributed by atoms with E-state index in [1.165, 1.54) is 17.7 Å². The minimum atomic E-state index is -0.679. The van der Waals surface area contributed by atoms with Crippen molar-refractivity contribution in [3.63, 3.8) is 0 Å². The number of aromatic nitrogens is 4. The number of nitrogens with one attached hydrogen (secondary N) is 2. The number of hydrogen-bond acceptors (Lipinski definition) is 10. The molecule has 2 heterocycles. The lowest BCUT2D eigenvalue weighted by molar-refractivity contribution is 0.187. The molecule has 0 amide bonds. The highest BCUT2D eigenvalue weighted by Crippen LogP contribution is 2.15. The third-order valence-electron chi connectivity index (χ3n) is 3.41. The number of ether oxygens (including phenoxy) is 2. The third-order valence-corrected chi connectivity index (χ3v) is 4.05. The molecule has 0 aliphatic heterocycles. The third kappa shape index (κ3) is 6.19. The van der Waals surface area contributed by atoms with Crippen LogP contribution >= 0.6 is 24.4 Å². The lowest BCUT2D eigenvalue weighted by Gasteiger charge is -2.09. The highest BCUT2D eigenvalue weighted by molar-refractivity contribution is 7.71. The second-order valence-corrected chi connectivity index (χ2v) is 6.01. The normalized spacial score (nSPS) is 10.2. The van der Waals surface area contributed by atoms with Crippen LogP contribution in [0, 0.1) is 14.4 Å². The molecule has 0 saturated carbocycles. The van der Waals surface area contributed by atoms with Gasteiger partial charge in [0.2, 0.25) is 5.69 Å². The van der Waals surface area contributed by atoms with Gasteiger partial charge >= 0.3 is 0 Å². The highest BCUT2D eigenvalue weighted by atomic mass is 32.1. The van der Waals surface area contributed by atoms with Crippen molar-refractivity contribution in [3.05, 3.63) is 41.2 Å². The van der Waals surface area contributed by atoms with E-state index in [1.807, 2.05) is 0 Å². The molecule has 0 radical (unpaired) electrons. The smallest absolute Gasteiger partial charge is 0.283 e. The van der Waals surface area contributed by atoms with Crippen LogP contribution in [-0.2, 0) is 22.6 Å². The largest absolute Gasteiger partial charge is 0.385 e. The van der Waals surface area contributed by atoms with Crippen molar-refractivity contribution in [2.75, 3.05) is 38.9 Å². The lowest BCUT2D eigenvalue weighted by Crippen LogP contribution is -2.19. The first-order valence-corrected chi connectivity index (χ1v) is 8.61. The van der Waals surface area contributed by atoms with Crippen LogP contribution in [0.3, 0.4) is 0 Å². The van der Waals surface area contributed by atoms with Crippen molar-refractivity contribution in [3.8, 4) is 0 Å². The zero-order valence-corrected chi connectivity index (χ0v) is 16.9. The molecule has 2 aromatic heterocycles. The number of anilines is 2. The van der Waals surface area contributed by atoms with Crippen LogP contribution < -0.4 is 22.6 Å². The number of aromatic amines is 2. The van der Waals surface area contributed by atoms with Gasteiger partial charge in [-0.15, -0.1) is 4.91 Å². The molecule has 12 nitrogen and oxygen atoms in total. The molecule has 28 heavy (non-hydrogen) atoms. The van der Waals surface area contributed by atoms with Gasteiger partial charge in [0.15, 0.2) is 9.54 Å². The van der Waals surface area contributed by atoms with E-state index in [0.717, 1.165) is 0 Å². The van der Waals surface area contributed by atoms with Gasteiger partial charge in [0.1, 0.15) is 11.6 Å². The molecule has 0 fully saturated rings. The summed E-state index contributed by atoms with van der Waals surface area (Å²) in [5, 5.41) is 2.55. The number of hydrogen-bond donors (Lipinski definition) is 4. The molecule has 2 aromatic rings. The monoisotopic (exact) mass is 431 g/mol. The molecule has 154 valence electrons. The average molecular weight is 432 g/mol. The minimum Gasteiger partial charge on any atom is -0.385 e. The number of rotatable bonds is 7. The van der Waals surface area contributed by atoms with Gasteiger partial charge in [0.05, 0.1) is 26.3 Å². The Morgan fingerprint density at radius 2 is 1.57 bits per heavy atom. The Hall–Kier alpha value is -2.68. The quantitative estimate of drug-likeness (QED) is 0.362. The van der Waals surface area contributed by atoms with Gasteiger partial charge in [-0.1, -0.05) is 0 Å². The summed E-state index contributed by atoms with van der Waals surface area (Å²) < 4.78 is 13.2. The standard InChI is InChI=1S/C7H10N4O3S.C7H11N3O2S/c1-14-3-2-11-5(8)4(10-13)6(12)9-7(11)15;1-12-3-2-10-5(8)4-6(11)9-7(10)13/h2-3,8H2,1H3,(H,9,12,15);4H,2-3,8H2,1H3,(H,9,11,13). The fourth-order valence-electron chi connectivity index (χ4n) is 2.02. The van der Waals surface area contributed by atoms with E-state index >= 15 is 0 Å². The SMILES string of the molecule is COCCn1c(N)c(N=O)c(=O)[nH]c1=S.COCCn1c(N)cc(=O)[nH]c1=S. The molecule has 0 aliphatic carbocycles. The topological polar surface area (TPSA) is 176 Å². The number of nitrogen functional groups attached to an aromatic ring is 2. The van der Waals surface area contributed by atoms with Crippen LogP contribution in [0.15, 0.2) is 20.8 Å². The molecule has 6 N–H and O–H groups in total. The molecular weight excluding hydrogens is 410 g/mol. The van der Waals surface area contributed by atoms with Gasteiger partial charge in [-0.25, -0.2) is 0 Å². The summed E-state index contributed by atoms with van der Waals surface area (Å²) in [5.41, 5.74) is 9.82. The average Bonchev–Trinajstić information content (AvgIpc) is 2.61. The van der Waals surface area contributed by atoms with Crippen molar-refractivity contribution in [2.45, 2.75) is 13.1 Å². The summed E-state index contributed by atoms with van der Waals surface area (Å²) in [7, 11) is 3.11. The summed E-state index contributed by atoms with van der Waals surface area (Å²) in [5.74, 6) is 0.307. The summed E-state index contributed by atoms with van der Waals surface area (Å²) in [6.07, 6.45) is 0. The zero-order chi connectivity index (χ0) is 21.3. The molecule has 0 spiro atoms. The number of nitrogens with zero attached hydrogens (tertiary/aromatic N) is 3. The van der Waals surface area contributed by atoms with E-state index in [4.69, 9.17) is 45.4 Å². The van der Waals surface area contributed by atoms with Gasteiger partial charge in [-0.2, -0.15) is 0 Å². The number of nitroso groups, excluding NO2 is 1. The summed E-state index contributed by atoms with van der Waals surface area (Å²) in [4.78, 5) is 37.2. The van der Waals surface area contributed by atoms with E-state index in [0.29, 0.717) is 36.9 Å². The van der Waals surface area contributed by atoms with E-state index in [2.05, 4.69) is 15.1 Å². The van der Waals surface area contributed by atoms with E-state index in [9.17, 15) is 14.5 Å². The van der Waals surface area contributed by atoms with E-state index in [-0.39, 0.29) is 21.8 Å². The molecule has 0 atom stereocenters. The predicted molar refractivity (Wildman–Crippen MR) is 110 cm³/mol. The van der Waals surface area contributed by atoms with Crippen molar-refractivity contribution in [1.29, 1.82) is 0 Å². The molecular formula is C14H21N7O5S2. The Kier molecular flexibility index (Phi) is 9.37. The van der Waals surface area contributed by atoms with Crippen LogP contribution in [0.4, 0.5) is 17.3 Å². The van der Waals surface area contributed by atoms with Crippen LogP contribution in [-0.4, -0.2) is 46.5 Å². The first-order chi connectivity index (χ1) is 13.3. The van der Waals surface area contributed by atoms with Crippen LogP contribution in [0.2, 0.25) is 0 Å².